The zero-order valence-electron chi connectivity index (χ0n) is 14.5. The van der Waals surface area contributed by atoms with Gasteiger partial charge in [-0.05, 0) is 49.9 Å². The van der Waals surface area contributed by atoms with E-state index in [1.807, 2.05) is 4.72 Å². The predicted octanol–water partition coefficient (Wildman–Crippen LogP) is 2.24. The maximum atomic E-state index is 13.7. The van der Waals surface area contributed by atoms with Crippen molar-refractivity contribution in [1.29, 1.82) is 0 Å². The molecule has 1 N–H and O–H groups in total. The Kier molecular flexibility index (Phi) is 4.66. The van der Waals surface area contributed by atoms with Crippen LogP contribution in [-0.4, -0.2) is 31.6 Å². The molecule has 0 spiro atoms. The maximum Gasteiger partial charge on any atom is 0.285 e. The number of halogens is 1. The fourth-order valence-corrected chi connectivity index (χ4v) is 3.72. The van der Waals surface area contributed by atoms with E-state index in [0.717, 1.165) is 12.8 Å². The van der Waals surface area contributed by atoms with Crippen LogP contribution in [0.5, 0.6) is 5.75 Å². The highest BCUT2D eigenvalue weighted by molar-refractivity contribution is 7.90. The number of methoxy groups -OCH3 is 1. The van der Waals surface area contributed by atoms with Gasteiger partial charge in [0.2, 0.25) is 0 Å². The third-order valence-corrected chi connectivity index (χ3v) is 5.46. The average molecular weight is 379 g/mol. The van der Waals surface area contributed by atoms with Gasteiger partial charge in [-0.15, -0.1) is 5.10 Å². The lowest BCUT2D eigenvalue weighted by atomic mass is 10.1. The van der Waals surface area contributed by atoms with Gasteiger partial charge in [0.05, 0.1) is 12.0 Å². The van der Waals surface area contributed by atoms with Gasteiger partial charge in [0, 0.05) is 12.0 Å². The highest BCUT2D eigenvalue weighted by atomic mass is 32.2. The van der Waals surface area contributed by atoms with Gasteiger partial charge in [0.25, 0.3) is 15.9 Å². The molecule has 1 amide bonds. The van der Waals surface area contributed by atoms with Crippen LogP contribution >= 0.6 is 0 Å². The third kappa shape index (κ3) is 3.52. The maximum absolute atomic E-state index is 13.7. The Morgan fingerprint density at radius 3 is 2.35 bits per heavy atom. The molecule has 2 aromatic rings. The van der Waals surface area contributed by atoms with Crippen molar-refractivity contribution in [3.8, 4) is 5.75 Å². The molecule has 0 atom stereocenters. The largest absolute Gasteiger partial charge is 0.495 e. The van der Waals surface area contributed by atoms with Gasteiger partial charge in [-0.2, -0.15) is 5.10 Å². The first-order chi connectivity index (χ1) is 12.2. The van der Waals surface area contributed by atoms with E-state index in [2.05, 4.69) is 10.2 Å². The second-order valence-corrected chi connectivity index (χ2v) is 7.95. The van der Waals surface area contributed by atoms with E-state index < -0.39 is 21.7 Å². The number of hydrogen-bond donors (Lipinski definition) is 1. The molecule has 3 rings (SSSR count). The molecule has 1 aromatic carbocycles. The lowest BCUT2D eigenvalue weighted by Gasteiger charge is -2.10. The van der Waals surface area contributed by atoms with Crippen molar-refractivity contribution >= 4 is 15.9 Å². The number of aromatic nitrogens is 2. The molecule has 1 aliphatic rings. The smallest absolute Gasteiger partial charge is 0.285 e. The Morgan fingerprint density at radius 2 is 1.81 bits per heavy atom. The summed E-state index contributed by atoms with van der Waals surface area (Å²) in [6, 6.07) is 3.70. The molecule has 1 saturated carbocycles. The van der Waals surface area contributed by atoms with E-state index in [4.69, 9.17) is 4.74 Å². The average Bonchev–Trinajstić information content (AvgIpc) is 3.43. The molecular weight excluding hydrogens is 361 g/mol. The standard InChI is InChI=1S/C17H18FN3O4S/c1-9-6-12(7-10(2)15(9)18)26(23,24)21-17(22)13-8-14(25-3)16(20-19-13)11-4-5-11/h6-8,11H,4-5H2,1-3H3,(H,21,22). The summed E-state index contributed by atoms with van der Waals surface area (Å²) < 4.78 is 45.7. The molecule has 26 heavy (non-hydrogen) atoms. The first kappa shape index (κ1) is 18.2. The minimum atomic E-state index is -4.18. The van der Waals surface area contributed by atoms with E-state index in [1.54, 1.807) is 0 Å². The number of aryl methyl sites for hydroxylation is 2. The van der Waals surface area contributed by atoms with Gasteiger partial charge in [-0.1, -0.05) is 0 Å². The minimum absolute atomic E-state index is 0.174. The van der Waals surface area contributed by atoms with Crippen LogP contribution in [0.4, 0.5) is 4.39 Å². The second-order valence-electron chi connectivity index (χ2n) is 6.26. The predicted molar refractivity (Wildman–Crippen MR) is 91.1 cm³/mol. The zero-order valence-corrected chi connectivity index (χ0v) is 15.4. The fraction of sp³-hybridized carbons (Fsp3) is 0.353. The molecule has 0 saturated heterocycles. The topological polar surface area (TPSA) is 98.2 Å². The molecule has 1 aromatic heterocycles. The van der Waals surface area contributed by atoms with Gasteiger partial charge in [-0.25, -0.2) is 17.5 Å². The van der Waals surface area contributed by atoms with Crippen LogP contribution in [0, 0.1) is 19.7 Å². The molecule has 0 aliphatic heterocycles. The number of benzene rings is 1. The number of hydrogen-bond acceptors (Lipinski definition) is 6. The molecular formula is C17H18FN3O4S. The zero-order chi connectivity index (χ0) is 19.1. The van der Waals surface area contributed by atoms with E-state index in [9.17, 15) is 17.6 Å². The van der Waals surface area contributed by atoms with Crippen molar-refractivity contribution in [3.63, 3.8) is 0 Å². The number of carbonyl (C=O) groups excluding carboxylic acids is 1. The van der Waals surface area contributed by atoms with Gasteiger partial charge in [0.1, 0.15) is 17.3 Å². The van der Waals surface area contributed by atoms with Crippen LogP contribution in [0.2, 0.25) is 0 Å². The molecule has 1 heterocycles. The summed E-state index contributed by atoms with van der Waals surface area (Å²) in [5.41, 5.74) is 0.836. The van der Waals surface area contributed by atoms with Crippen molar-refractivity contribution in [1.82, 2.24) is 14.9 Å². The van der Waals surface area contributed by atoms with Crippen molar-refractivity contribution in [2.75, 3.05) is 7.11 Å². The number of carbonyl (C=O) groups is 1. The number of nitrogens with one attached hydrogen (secondary N) is 1. The monoisotopic (exact) mass is 379 g/mol. The minimum Gasteiger partial charge on any atom is -0.495 e. The third-order valence-electron chi connectivity index (χ3n) is 4.15. The Hall–Kier alpha value is -2.55. The van der Waals surface area contributed by atoms with Gasteiger partial charge < -0.3 is 4.74 Å². The Balaban J connectivity index is 1.87. The Morgan fingerprint density at radius 1 is 1.19 bits per heavy atom. The Bertz CT molecular complexity index is 964. The molecule has 138 valence electrons. The lowest BCUT2D eigenvalue weighted by Crippen LogP contribution is -2.31. The van der Waals surface area contributed by atoms with Crippen molar-refractivity contribution in [2.45, 2.75) is 37.5 Å². The van der Waals surface area contributed by atoms with E-state index in [1.165, 1.54) is 39.2 Å². The number of ether oxygens (including phenoxy) is 1. The quantitative estimate of drug-likeness (QED) is 0.855. The molecule has 7 nitrogen and oxygen atoms in total. The summed E-state index contributed by atoms with van der Waals surface area (Å²) in [5, 5.41) is 7.80. The van der Waals surface area contributed by atoms with Crippen LogP contribution in [0.3, 0.4) is 0 Å². The van der Waals surface area contributed by atoms with Gasteiger partial charge in [-0.3, -0.25) is 4.79 Å². The second kappa shape index (κ2) is 6.64. The Labute approximate surface area is 150 Å². The normalized spacial score (nSPS) is 14.2. The first-order valence-electron chi connectivity index (χ1n) is 7.98. The van der Waals surface area contributed by atoms with Crippen molar-refractivity contribution < 1.29 is 22.3 Å². The summed E-state index contributed by atoms with van der Waals surface area (Å²) in [4.78, 5) is 12.1. The van der Waals surface area contributed by atoms with E-state index in [-0.39, 0.29) is 27.6 Å². The van der Waals surface area contributed by atoms with E-state index in [0.29, 0.717) is 11.4 Å². The van der Waals surface area contributed by atoms with Crippen LogP contribution in [0.15, 0.2) is 23.1 Å². The highest BCUT2D eigenvalue weighted by Crippen LogP contribution is 2.42. The van der Waals surface area contributed by atoms with Gasteiger partial charge in [0.15, 0.2) is 5.69 Å². The van der Waals surface area contributed by atoms with Crippen LogP contribution in [0.25, 0.3) is 0 Å². The summed E-state index contributed by atoms with van der Waals surface area (Å²) in [7, 11) is -2.73. The van der Waals surface area contributed by atoms with Crippen molar-refractivity contribution in [2.24, 2.45) is 0 Å². The highest BCUT2D eigenvalue weighted by Gasteiger charge is 2.30. The van der Waals surface area contributed by atoms with Crippen LogP contribution in [-0.2, 0) is 10.0 Å². The number of rotatable bonds is 5. The fourth-order valence-electron chi connectivity index (χ4n) is 2.59. The van der Waals surface area contributed by atoms with Crippen molar-refractivity contribution in [3.05, 3.63) is 46.5 Å². The lowest BCUT2D eigenvalue weighted by molar-refractivity contribution is 0.0975. The van der Waals surface area contributed by atoms with Crippen LogP contribution in [0.1, 0.15) is 46.1 Å². The molecule has 0 bridgehead atoms. The van der Waals surface area contributed by atoms with Gasteiger partial charge >= 0.3 is 0 Å². The summed E-state index contributed by atoms with van der Waals surface area (Å²) in [6.45, 7) is 2.91. The number of amides is 1. The molecule has 9 heteroatoms. The molecule has 0 radical (unpaired) electrons. The SMILES string of the molecule is COc1cc(C(=O)NS(=O)(=O)c2cc(C)c(F)c(C)c2)nnc1C1CC1. The summed E-state index contributed by atoms with van der Waals surface area (Å²) in [6.07, 6.45) is 1.96. The summed E-state index contributed by atoms with van der Waals surface area (Å²) in [5.74, 6) is -0.749. The summed E-state index contributed by atoms with van der Waals surface area (Å²) >= 11 is 0. The first-order valence-corrected chi connectivity index (χ1v) is 9.46. The molecule has 0 unspecified atom stereocenters. The number of sulfonamides is 1. The molecule has 1 aliphatic carbocycles. The van der Waals surface area contributed by atoms with E-state index >= 15 is 0 Å². The van der Waals surface area contributed by atoms with Crippen LogP contribution < -0.4 is 9.46 Å². The molecule has 1 fully saturated rings. The number of nitrogens with zero attached hydrogens (tertiary/aromatic N) is 2.